The Kier molecular flexibility index (Phi) is 11.7. The van der Waals surface area contributed by atoms with Crippen molar-refractivity contribution in [2.24, 2.45) is 5.11 Å². The highest BCUT2D eigenvalue weighted by Gasteiger charge is 2.22. The van der Waals surface area contributed by atoms with E-state index in [4.69, 9.17) is 20.9 Å². The summed E-state index contributed by atoms with van der Waals surface area (Å²) < 4.78 is 0. The van der Waals surface area contributed by atoms with E-state index >= 15 is 0 Å². The van der Waals surface area contributed by atoms with E-state index < -0.39 is 54.3 Å². The van der Waals surface area contributed by atoms with Gasteiger partial charge in [0.1, 0.15) is 12.1 Å². The Morgan fingerprint density at radius 2 is 1.47 bits per heavy atom. The van der Waals surface area contributed by atoms with Crippen LogP contribution in [0.3, 0.4) is 0 Å². The molecule has 0 saturated carbocycles. The van der Waals surface area contributed by atoms with Crippen molar-refractivity contribution >= 4 is 41.5 Å². The molecule has 16 heteroatoms. The van der Waals surface area contributed by atoms with Crippen LogP contribution in [0.4, 0.5) is 10.5 Å². The van der Waals surface area contributed by atoms with Gasteiger partial charge in [0.2, 0.25) is 0 Å². The molecule has 0 bridgehead atoms. The summed E-state index contributed by atoms with van der Waals surface area (Å²) in [6.07, 6.45) is -0.332. The number of urea groups is 1. The third-order valence-corrected chi connectivity index (χ3v) is 4.65. The Balaban J connectivity index is 2.61. The van der Waals surface area contributed by atoms with Gasteiger partial charge in [0, 0.05) is 29.1 Å². The van der Waals surface area contributed by atoms with Crippen molar-refractivity contribution in [1.82, 2.24) is 16.0 Å². The zero-order valence-electron chi connectivity index (χ0n) is 18.7. The number of aliphatic carboxylic acids is 3. The lowest BCUT2D eigenvalue weighted by atomic mass is 10.1. The fourth-order valence-electron chi connectivity index (χ4n) is 2.88. The van der Waals surface area contributed by atoms with Gasteiger partial charge in [-0.3, -0.25) is 9.59 Å². The number of carboxylic acids is 4. The second-order valence-corrected chi connectivity index (χ2v) is 7.35. The number of azide groups is 1. The summed E-state index contributed by atoms with van der Waals surface area (Å²) in [4.78, 5) is 71.2. The van der Waals surface area contributed by atoms with E-state index in [1.165, 1.54) is 0 Å². The lowest BCUT2D eigenvalue weighted by Crippen LogP contribution is -2.46. The van der Waals surface area contributed by atoms with Gasteiger partial charge < -0.3 is 36.4 Å². The van der Waals surface area contributed by atoms with Gasteiger partial charge in [0.25, 0.3) is 5.91 Å². The predicted octanol–water partition coefficient (Wildman–Crippen LogP) is 1.30. The zero-order valence-corrected chi connectivity index (χ0v) is 18.7. The molecule has 1 rings (SSSR count). The number of hydrogen-bond donors (Lipinski definition) is 7. The van der Waals surface area contributed by atoms with Crippen molar-refractivity contribution in [3.8, 4) is 0 Å². The van der Waals surface area contributed by atoms with Gasteiger partial charge in [0.05, 0.1) is 5.56 Å². The van der Waals surface area contributed by atoms with E-state index in [0.29, 0.717) is 0 Å². The summed E-state index contributed by atoms with van der Waals surface area (Å²) in [6.45, 7) is 0.0353. The first kappa shape index (κ1) is 29.2. The summed E-state index contributed by atoms with van der Waals surface area (Å²) in [7, 11) is 0. The van der Waals surface area contributed by atoms with E-state index in [2.05, 4.69) is 26.0 Å². The topological polar surface area (TPSA) is 268 Å². The van der Waals surface area contributed by atoms with Gasteiger partial charge in [-0.25, -0.2) is 19.2 Å². The molecule has 0 aliphatic heterocycles. The number of nitrogens with zero attached hydrogens (tertiary/aromatic N) is 3. The SMILES string of the molecule is [N-]=[N+]=Nc1cc(C(=O)O)cc(C(=O)N[C@@H](CCCCNC(=O)N[C@@H](CCC(=O)O)C(=O)O)C(=O)O)c1. The van der Waals surface area contributed by atoms with Crippen molar-refractivity contribution in [3.05, 3.63) is 39.8 Å². The molecule has 0 heterocycles. The fourth-order valence-corrected chi connectivity index (χ4v) is 2.88. The third-order valence-electron chi connectivity index (χ3n) is 4.65. The van der Waals surface area contributed by atoms with E-state index in [9.17, 15) is 33.9 Å². The maximum atomic E-state index is 12.5. The lowest BCUT2D eigenvalue weighted by Gasteiger charge is -2.16. The van der Waals surface area contributed by atoms with Crippen LogP contribution in [0.1, 0.15) is 52.8 Å². The molecule has 0 saturated heterocycles. The number of rotatable bonds is 15. The second kappa shape index (κ2) is 14.4. The second-order valence-electron chi connectivity index (χ2n) is 7.35. The maximum absolute atomic E-state index is 12.5. The van der Waals surface area contributed by atoms with Crippen LogP contribution in [0.2, 0.25) is 0 Å². The van der Waals surface area contributed by atoms with Crippen LogP contribution in [0.25, 0.3) is 10.4 Å². The highest BCUT2D eigenvalue weighted by Crippen LogP contribution is 2.19. The van der Waals surface area contributed by atoms with Crippen molar-refractivity contribution in [1.29, 1.82) is 0 Å². The zero-order chi connectivity index (χ0) is 27.3. The van der Waals surface area contributed by atoms with Crippen LogP contribution >= 0.6 is 0 Å². The van der Waals surface area contributed by atoms with Crippen LogP contribution < -0.4 is 16.0 Å². The Hall–Kier alpha value is -4.85. The normalized spacial score (nSPS) is 11.8. The van der Waals surface area contributed by atoms with Gasteiger partial charge in [-0.15, -0.1) is 0 Å². The minimum absolute atomic E-state index is 0.0353. The molecule has 1 aromatic carbocycles. The van der Waals surface area contributed by atoms with Gasteiger partial charge in [-0.2, -0.15) is 0 Å². The third kappa shape index (κ3) is 10.4. The molecule has 0 aliphatic rings. The van der Waals surface area contributed by atoms with Crippen LogP contribution in [-0.4, -0.2) is 74.9 Å². The Labute approximate surface area is 202 Å². The highest BCUT2D eigenvalue weighted by molar-refractivity contribution is 6.00. The molecule has 0 radical (unpaired) electrons. The highest BCUT2D eigenvalue weighted by atomic mass is 16.4. The molecular weight excluding hydrogens is 484 g/mol. The van der Waals surface area contributed by atoms with Crippen molar-refractivity contribution < 1.29 is 49.2 Å². The quantitative estimate of drug-likeness (QED) is 0.0771. The number of hydrogen-bond acceptors (Lipinski definition) is 7. The standard InChI is InChI=1S/C20H24N6O10/c21-26-25-12-8-10(7-11(9-12)17(30)31)16(29)23-13(18(32)33)3-1-2-6-22-20(36)24-14(19(34)35)4-5-15(27)28/h7-9,13-14H,1-6H2,(H,23,29)(H,27,28)(H,30,31)(H,32,33)(H,34,35)(H2,22,24,36)/t13-,14-/m0/s1. The van der Waals surface area contributed by atoms with Gasteiger partial charge in [-0.1, -0.05) is 5.11 Å². The fraction of sp³-hybridized carbons (Fsp3) is 0.400. The molecule has 36 heavy (non-hydrogen) atoms. The number of carbonyl (C=O) groups excluding carboxylic acids is 2. The number of aromatic carboxylic acids is 1. The molecule has 7 N–H and O–H groups in total. The summed E-state index contributed by atoms with van der Waals surface area (Å²) in [5, 5.41) is 46.2. The Morgan fingerprint density at radius 3 is 2.03 bits per heavy atom. The number of benzene rings is 1. The monoisotopic (exact) mass is 508 g/mol. The minimum Gasteiger partial charge on any atom is -0.481 e. The van der Waals surface area contributed by atoms with Crippen molar-refractivity contribution in [2.75, 3.05) is 6.54 Å². The van der Waals surface area contributed by atoms with Crippen molar-refractivity contribution in [2.45, 2.75) is 44.2 Å². The molecular formula is C20H24N6O10. The van der Waals surface area contributed by atoms with Crippen LogP contribution in [0.15, 0.2) is 23.3 Å². The number of carboxylic acid groups (broad SMARTS) is 4. The largest absolute Gasteiger partial charge is 0.481 e. The Bertz CT molecular complexity index is 1050. The smallest absolute Gasteiger partial charge is 0.335 e. The summed E-state index contributed by atoms with van der Waals surface area (Å²) >= 11 is 0. The molecule has 194 valence electrons. The molecule has 0 unspecified atom stereocenters. The molecule has 16 nitrogen and oxygen atoms in total. The average molecular weight is 508 g/mol. The molecule has 0 fully saturated rings. The van der Waals surface area contributed by atoms with E-state index in [0.717, 1.165) is 18.2 Å². The molecule has 0 spiro atoms. The minimum atomic E-state index is -1.40. The molecule has 3 amide bonds. The summed E-state index contributed by atoms with van der Waals surface area (Å²) in [5.41, 5.74) is 7.83. The Morgan fingerprint density at radius 1 is 0.861 bits per heavy atom. The average Bonchev–Trinajstić information content (AvgIpc) is 2.80. The van der Waals surface area contributed by atoms with Crippen LogP contribution in [0.5, 0.6) is 0 Å². The summed E-state index contributed by atoms with van der Waals surface area (Å²) in [5.74, 6) is -6.26. The van der Waals surface area contributed by atoms with E-state index in [-0.39, 0.29) is 49.0 Å². The summed E-state index contributed by atoms with van der Waals surface area (Å²) in [6, 6.07) is -0.450. The first-order valence-electron chi connectivity index (χ1n) is 10.4. The molecule has 1 aromatic rings. The molecule has 0 aliphatic carbocycles. The first-order valence-corrected chi connectivity index (χ1v) is 10.4. The van der Waals surface area contributed by atoms with Crippen molar-refractivity contribution in [3.63, 3.8) is 0 Å². The van der Waals surface area contributed by atoms with Gasteiger partial charge >= 0.3 is 29.9 Å². The predicted molar refractivity (Wildman–Crippen MR) is 120 cm³/mol. The van der Waals surface area contributed by atoms with E-state index in [1.807, 2.05) is 0 Å². The number of amides is 3. The van der Waals surface area contributed by atoms with Crippen LogP contribution in [0, 0.1) is 0 Å². The number of carbonyl (C=O) groups is 6. The van der Waals surface area contributed by atoms with Gasteiger partial charge in [-0.05, 0) is 49.4 Å². The van der Waals surface area contributed by atoms with E-state index in [1.54, 1.807) is 0 Å². The lowest BCUT2D eigenvalue weighted by molar-refractivity contribution is -0.141. The van der Waals surface area contributed by atoms with Gasteiger partial charge in [0.15, 0.2) is 0 Å². The first-order chi connectivity index (χ1) is 16.9. The molecule has 2 atom stereocenters. The van der Waals surface area contributed by atoms with Crippen LogP contribution in [-0.2, 0) is 14.4 Å². The maximum Gasteiger partial charge on any atom is 0.335 e. The number of unbranched alkanes of at least 4 members (excludes halogenated alkanes) is 1. The molecule has 0 aromatic heterocycles. The number of nitrogens with one attached hydrogen (secondary N) is 3.